The van der Waals surface area contributed by atoms with Crippen LogP contribution in [0.25, 0.3) is 0 Å². The Hall–Kier alpha value is -0.440. The van der Waals surface area contributed by atoms with Crippen molar-refractivity contribution in [3.05, 3.63) is 17.5 Å². The second kappa shape index (κ2) is 5.68. The number of aromatic nitrogens is 1. The quantitative estimate of drug-likeness (QED) is 0.759. The van der Waals surface area contributed by atoms with Crippen LogP contribution in [0.2, 0.25) is 0 Å². The molecule has 2 heterocycles. The van der Waals surface area contributed by atoms with Crippen LogP contribution in [0.1, 0.15) is 11.5 Å². The van der Waals surface area contributed by atoms with Gasteiger partial charge in [-0.05, 0) is 6.92 Å². The van der Waals surface area contributed by atoms with Crippen LogP contribution in [0, 0.1) is 6.92 Å². The van der Waals surface area contributed by atoms with Crippen LogP contribution in [-0.2, 0) is 16.6 Å². The first-order valence-electron chi connectivity index (χ1n) is 5.69. The Kier molecular flexibility index (Phi) is 4.41. The first-order chi connectivity index (χ1) is 8.51. The molecule has 18 heavy (non-hydrogen) atoms. The number of hydrogen-bond donors (Lipinski definition) is 0. The van der Waals surface area contributed by atoms with E-state index in [2.05, 4.69) is 26.0 Å². The lowest BCUT2D eigenvalue weighted by molar-refractivity contribution is 0.166. The second-order valence-electron chi connectivity index (χ2n) is 4.33. The first-order valence-corrected chi connectivity index (χ1v) is 8.42. The number of rotatable bonds is 4. The van der Waals surface area contributed by atoms with Crippen molar-refractivity contribution in [3.63, 3.8) is 0 Å². The average Bonchev–Trinajstić information content (AvgIpc) is 2.75. The number of alkyl halides is 1. The highest BCUT2D eigenvalue weighted by atomic mass is 79.9. The topological polar surface area (TPSA) is 66.7 Å². The Morgan fingerprint density at radius 1 is 1.39 bits per heavy atom. The van der Waals surface area contributed by atoms with Gasteiger partial charge in [0, 0.05) is 32.2 Å². The predicted molar refractivity (Wildman–Crippen MR) is 70.8 cm³/mol. The van der Waals surface area contributed by atoms with E-state index >= 15 is 0 Å². The zero-order valence-electron chi connectivity index (χ0n) is 10.2. The average molecular weight is 338 g/mol. The summed E-state index contributed by atoms with van der Waals surface area (Å²) in [5, 5.41) is 3.84. The summed E-state index contributed by atoms with van der Waals surface area (Å²) < 4.78 is 30.0. The minimum Gasteiger partial charge on any atom is -0.360 e. The van der Waals surface area contributed by atoms with Gasteiger partial charge < -0.3 is 4.52 Å². The molecule has 2 rings (SSSR count). The highest BCUT2D eigenvalue weighted by molar-refractivity contribution is 9.10. The molecule has 0 spiro atoms. The normalized spacial score (nSPS) is 19.2. The smallest absolute Gasteiger partial charge is 0.224 e. The van der Waals surface area contributed by atoms with Gasteiger partial charge in [0.2, 0.25) is 10.0 Å². The van der Waals surface area contributed by atoms with Crippen molar-refractivity contribution in [2.45, 2.75) is 13.5 Å². The van der Waals surface area contributed by atoms with E-state index in [9.17, 15) is 8.42 Å². The predicted octanol–water partition coefficient (Wildman–Crippen LogP) is 0.783. The molecule has 0 aliphatic carbocycles. The number of sulfonamides is 1. The maximum Gasteiger partial charge on any atom is 0.224 e. The fourth-order valence-electron chi connectivity index (χ4n) is 1.95. The Labute approximate surface area is 115 Å². The van der Waals surface area contributed by atoms with Crippen LogP contribution in [-0.4, -0.2) is 53.6 Å². The minimum atomic E-state index is -3.13. The fourth-order valence-corrected chi connectivity index (χ4v) is 3.67. The number of aryl methyl sites for hydroxylation is 1. The van der Waals surface area contributed by atoms with Gasteiger partial charge >= 0.3 is 0 Å². The molecule has 102 valence electrons. The van der Waals surface area contributed by atoms with Gasteiger partial charge in [-0.3, -0.25) is 4.90 Å². The van der Waals surface area contributed by atoms with E-state index in [4.69, 9.17) is 4.52 Å². The lowest BCUT2D eigenvalue weighted by Crippen LogP contribution is -2.48. The molecule has 1 aliphatic rings. The van der Waals surface area contributed by atoms with Crippen LogP contribution < -0.4 is 0 Å². The summed E-state index contributed by atoms with van der Waals surface area (Å²) in [6.45, 7) is 5.05. The van der Waals surface area contributed by atoms with Crippen molar-refractivity contribution in [1.82, 2.24) is 14.4 Å². The summed E-state index contributed by atoms with van der Waals surface area (Å²) >= 11 is 3.01. The van der Waals surface area contributed by atoms with Crippen LogP contribution in [0.15, 0.2) is 10.6 Å². The standard InChI is InChI=1S/C10H16BrN3O3S/c1-9-6-10(17-12-9)7-13-2-4-14(5-3-13)18(15,16)8-11/h6H,2-5,7-8H2,1H3. The van der Waals surface area contributed by atoms with Gasteiger partial charge in [-0.2, -0.15) is 4.31 Å². The Morgan fingerprint density at radius 2 is 2.06 bits per heavy atom. The van der Waals surface area contributed by atoms with Crippen LogP contribution in [0.5, 0.6) is 0 Å². The third-order valence-corrected chi connectivity index (χ3v) is 6.08. The molecule has 0 unspecified atom stereocenters. The Morgan fingerprint density at radius 3 is 2.56 bits per heavy atom. The molecule has 8 heteroatoms. The van der Waals surface area contributed by atoms with E-state index in [1.807, 2.05) is 13.0 Å². The first kappa shape index (κ1) is 14.0. The SMILES string of the molecule is Cc1cc(CN2CCN(S(=O)(=O)CBr)CC2)on1. The van der Waals surface area contributed by atoms with Gasteiger partial charge in [-0.25, -0.2) is 8.42 Å². The summed E-state index contributed by atoms with van der Waals surface area (Å²) in [7, 11) is -3.13. The van der Waals surface area contributed by atoms with E-state index < -0.39 is 10.0 Å². The Bertz CT molecular complexity index is 494. The molecule has 0 atom stereocenters. The minimum absolute atomic E-state index is 0.0126. The number of piperazine rings is 1. The van der Waals surface area contributed by atoms with Gasteiger partial charge in [-0.1, -0.05) is 21.1 Å². The van der Waals surface area contributed by atoms with E-state index in [0.29, 0.717) is 32.7 Å². The molecule has 0 N–H and O–H groups in total. The molecule has 1 aromatic rings. The molecule has 0 aromatic carbocycles. The molecule has 0 bridgehead atoms. The molecular formula is C10H16BrN3O3S. The monoisotopic (exact) mass is 337 g/mol. The molecule has 1 fully saturated rings. The number of halogens is 1. The number of nitrogens with zero attached hydrogens (tertiary/aromatic N) is 3. The molecule has 1 saturated heterocycles. The lowest BCUT2D eigenvalue weighted by atomic mass is 10.3. The molecule has 1 aromatic heterocycles. The van der Waals surface area contributed by atoms with Gasteiger partial charge in [0.05, 0.1) is 12.2 Å². The fraction of sp³-hybridized carbons (Fsp3) is 0.700. The van der Waals surface area contributed by atoms with Gasteiger partial charge in [0.15, 0.2) is 5.76 Å². The van der Waals surface area contributed by atoms with Crippen molar-refractivity contribution in [3.8, 4) is 0 Å². The van der Waals surface area contributed by atoms with E-state index in [0.717, 1.165) is 11.5 Å². The zero-order valence-corrected chi connectivity index (χ0v) is 12.6. The van der Waals surface area contributed by atoms with Crippen molar-refractivity contribution in [2.24, 2.45) is 0 Å². The van der Waals surface area contributed by atoms with Crippen LogP contribution in [0.4, 0.5) is 0 Å². The van der Waals surface area contributed by atoms with Crippen molar-refractivity contribution in [1.29, 1.82) is 0 Å². The molecule has 0 amide bonds. The van der Waals surface area contributed by atoms with E-state index in [-0.39, 0.29) is 4.66 Å². The molecule has 6 nitrogen and oxygen atoms in total. The molecular weight excluding hydrogens is 322 g/mol. The molecule has 1 aliphatic heterocycles. The summed E-state index contributed by atoms with van der Waals surface area (Å²) in [5.41, 5.74) is 0.866. The maximum absolute atomic E-state index is 11.7. The third kappa shape index (κ3) is 3.31. The van der Waals surface area contributed by atoms with Crippen molar-refractivity contribution < 1.29 is 12.9 Å². The Balaban J connectivity index is 1.87. The summed E-state index contributed by atoms with van der Waals surface area (Å²) in [5.74, 6) is 0.823. The van der Waals surface area contributed by atoms with Crippen LogP contribution >= 0.6 is 15.9 Å². The lowest BCUT2D eigenvalue weighted by Gasteiger charge is -2.32. The summed E-state index contributed by atoms with van der Waals surface area (Å²) in [6.07, 6.45) is 0. The maximum atomic E-state index is 11.7. The summed E-state index contributed by atoms with van der Waals surface area (Å²) in [6, 6.07) is 1.90. The van der Waals surface area contributed by atoms with Crippen LogP contribution in [0.3, 0.4) is 0 Å². The highest BCUT2D eigenvalue weighted by Crippen LogP contribution is 2.13. The second-order valence-corrected chi connectivity index (χ2v) is 7.60. The number of hydrogen-bond acceptors (Lipinski definition) is 5. The van der Waals surface area contributed by atoms with Crippen molar-refractivity contribution >= 4 is 26.0 Å². The highest BCUT2D eigenvalue weighted by Gasteiger charge is 2.26. The zero-order chi connectivity index (χ0) is 13.2. The summed E-state index contributed by atoms with van der Waals surface area (Å²) in [4.78, 5) is 2.17. The van der Waals surface area contributed by atoms with Gasteiger partial charge in [0.1, 0.15) is 4.66 Å². The third-order valence-electron chi connectivity index (χ3n) is 2.92. The van der Waals surface area contributed by atoms with Crippen molar-refractivity contribution in [2.75, 3.05) is 30.8 Å². The molecule has 0 radical (unpaired) electrons. The van der Waals surface area contributed by atoms with Gasteiger partial charge in [-0.15, -0.1) is 0 Å². The van der Waals surface area contributed by atoms with Gasteiger partial charge in [0.25, 0.3) is 0 Å². The van der Waals surface area contributed by atoms with E-state index in [1.54, 1.807) is 0 Å². The van der Waals surface area contributed by atoms with E-state index in [1.165, 1.54) is 4.31 Å². The largest absolute Gasteiger partial charge is 0.360 e. The molecule has 0 saturated carbocycles.